The number of para-hydroxylation sites is 1. The van der Waals surface area contributed by atoms with Gasteiger partial charge in [-0.25, -0.2) is 0 Å². The van der Waals surface area contributed by atoms with Crippen LogP contribution in [0, 0.1) is 0 Å². The fraction of sp³-hybridized carbons (Fsp3) is 0.267. The molecule has 102 valence electrons. The topological polar surface area (TPSA) is 51.8 Å². The molecule has 3 aromatic rings. The largest absolute Gasteiger partial charge is 0.334 e. The van der Waals surface area contributed by atoms with Crippen LogP contribution in [0.3, 0.4) is 0 Å². The number of benzene rings is 1. The lowest BCUT2D eigenvalue weighted by molar-refractivity contribution is 0.421. The van der Waals surface area contributed by atoms with E-state index in [1.807, 2.05) is 30.3 Å². The second-order valence-electron chi connectivity index (χ2n) is 4.59. The highest BCUT2D eigenvalue weighted by Gasteiger charge is 2.17. The van der Waals surface area contributed by atoms with E-state index in [0.717, 1.165) is 29.3 Å². The van der Waals surface area contributed by atoms with Crippen molar-refractivity contribution in [1.82, 2.24) is 15.1 Å². The number of alkyl halides is 1. The smallest absolute Gasteiger partial charge is 0.260 e. The SMILES string of the molecule is CCCC(Cl)c1noc(-c2cccc3cccnc23)n1. The van der Waals surface area contributed by atoms with Crippen LogP contribution in [0.2, 0.25) is 0 Å². The van der Waals surface area contributed by atoms with Gasteiger partial charge in [0, 0.05) is 11.6 Å². The maximum Gasteiger partial charge on any atom is 0.260 e. The molecule has 5 heteroatoms. The number of fused-ring (bicyclic) bond motifs is 1. The van der Waals surface area contributed by atoms with E-state index in [1.54, 1.807) is 6.20 Å². The van der Waals surface area contributed by atoms with Gasteiger partial charge in [-0.2, -0.15) is 4.98 Å². The Balaban J connectivity index is 2.03. The summed E-state index contributed by atoms with van der Waals surface area (Å²) >= 11 is 6.22. The van der Waals surface area contributed by atoms with Gasteiger partial charge >= 0.3 is 0 Å². The monoisotopic (exact) mass is 287 g/mol. The Labute approximate surface area is 121 Å². The quantitative estimate of drug-likeness (QED) is 0.669. The maximum atomic E-state index is 6.22. The van der Waals surface area contributed by atoms with E-state index in [1.165, 1.54) is 0 Å². The third-order valence-electron chi connectivity index (χ3n) is 3.13. The summed E-state index contributed by atoms with van der Waals surface area (Å²) in [6.45, 7) is 2.07. The van der Waals surface area contributed by atoms with E-state index in [-0.39, 0.29) is 5.38 Å². The molecular weight excluding hydrogens is 274 g/mol. The molecule has 1 unspecified atom stereocenters. The predicted molar refractivity (Wildman–Crippen MR) is 78.5 cm³/mol. The Morgan fingerprint density at radius 1 is 1.25 bits per heavy atom. The Hall–Kier alpha value is -1.94. The van der Waals surface area contributed by atoms with Crippen molar-refractivity contribution in [2.24, 2.45) is 0 Å². The van der Waals surface area contributed by atoms with Crippen molar-refractivity contribution in [3.8, 4) is 11.5 Å². The lowest BCUT2D eigenvalue weighted by Crippen LogP contribution is -1.92. The Bertz CT molecular complexity index is 720. The lowest BCUT2D eigenvalue weighted by Gasteiger charge is -2.01. The van der Waals surface area contributed by atoms with Crippen LogP contribution in [0.15, 0.2) is 41.1 Å². The molecule has 2 aromatic heterocycles. The standard InChI is InChI=1S/C15H14ClN3O/c1-2-5-12(16)14-18-15(20-19-14)11-8-3-6-10-7-4-9-17-13(10)11/h3-4,6-9,12H,2,5H2,1H3. The molecule has 1 aromatic carbocycles. The van der Waals surface area contributed by atoms with Crippen molar-refractivity contribution < 1.29 is 4.52 Å². The second kappa shape index (κ2) is 5.59. The van der Waals surface area contributed by atoms with Crippen LogP contribution in [0.25, 0.3) is 22.4 Å². The van der Waals surface area contributed by atoms with Gasteiger partial charge < -0.3 is 4.52 Å². The second-order valence-corrected chi connectivity index (χ2v) is 5.12. The molecule has 0 saturated heterocycles. The van der Waals surface area contributed by atoms with E-state index >= 15 is 0 Å². The number of hydrogen-bond acceptors (Lipinski definition) is 4. The maximum absolute atomic E-state index is 6.22. The first-order valence-corrected chi connectivity index (χ1v) is 7.05. The van der Waals surface area contributed by atoms with Gasteiger partial charge in [-0.15, -0.1) is 11.6 Å². The molecule has 4 nitrogen and oxygen atoms in total. The van der Waals surface area contributed by atoms with Crippen molar-refractivity contribution >= 4 is 22.5 Å². The van der Waals surface area contributed by atoms with Gasteiger partial charge in [-0.1, -0.05) is 36.7 Å². The van der Waals surface area contributed by atoms with Crippen LogP contribution < -0.4 is 0 Å². The Kier molecular flexibility index (Phi) is 3.65. The summed E-state index contributed by atoms with van der Waals surface area (Å²) in [5.41, 5.74) is 1.69. The number of pyridine rings is 1. The Morgan fingerprint density at radius 3 is 2.95 bits per heavy atom. The summed E-state index contributed by atoms with van der Waals surface area (Å²) < 4.78 is 5.34. The number of hydrogen-bond donors (Lipinski definition) is 0. The molecule has 0 aliphatic heterocycles. The molecule has 20 heavy (non-hydrogen) atoms. The fourth-order valence-corrected chi connectivity index (χ4v) is 2.44. The van der Waals surface area contributed by atoms with Crippen LogP contribution in [0.1, 0.15) is 31.0 Å². The van der Waals surface area contributed by atoms with Gasteiger partial charge in [0.2, 0.25) is 0 Å². The minimum atomic E-state index is -0.208. The lowest BCUT2D eigenvalue weighted by atomic mass is 10.1. The summed E-state index contributed by atoms with van der Waals surface area (Å²) in [6.07, 6.45) is 3.56. The number of rotatable bonds is 4. The molecule has 1 atom stereocenters. The highest BCUT2D eigenvalue weighted by atomic mass is 35.5. The van der Waals surface area contributed by atoms with Crippen LogP contribution >= 0.6 is 11.6 Å². The first-order valence-electron chi connectivity index (χ1n) is 6.61. The molecule has 0 bridgehead atoms. The van der Waals surface area contributed by atoms with E-state index in [2.05, 4.69) is 22.0 Å². The van der Waals surface area contributed by atoms with Gasteiger partial charge in [0.15, 0.2) is 5.82 Å². The normalized spacial score (nSPS) is 12.7. The zero-order chi connectivity index (χ0) is 13.9. The molecule has 0 spiro atoms. The van der Waals surface area contributed by atoms with Crippen LogP contribution in [-0.4, -0.2) is 15.1 Å². The molecule has 0 aliphatic rings. The minimum absolute atomic E-state index is 0.208. The van der Waals surface area contributed by atoms with E-state index in [0.29, 0.717) is 11.7 Å². The van der Waals surface area contributed by atoms with Gasteiger partial charge in [-0.3, -0.25) is 4.98 Å². The van der Waals surface area contributed by atoms with Crippen LogP contribution in [0.5, 0.6) is 0 Å². The first-order chi connectivity index (χ1) is 9.79. The number of aromatic nitrogens is 3. The van der Waals surface area contributed by atoms with Crippen LogP contribution in [-0.2, 0) is 0 Å². The van der Waals surface area contributed by atoms with Crippen molar-refractivity contribution in [3.63, 3.8) is 0 Å². The van der Waals surface area contributed by atoms with Crippen molar-refractivity contribution in [2.75, 3.05) is 0 Å². The average Bonchev–Trinajstić information content (AvgIpc) is 2.97. The predicted octanol–water partition coefficient (Wildman–Crippen LogP) is 4.36. The average molecular weight is 288 g/mol. The zero-order valence-corrected chi connectivity index (χ0v) is 11.8. The molecule has 0 amide bonds. The number of nitrogens with zero attached hydrogens (tertiary/aromatic N) is 3. The highest BCUT2D eigenvalue weighted by Crippen LogP contribution is 2.29. The summed E-state index contributed by atoms with van der Waals surface area (Å²) in [5.74, 6) is 1.00. The van der Waals surface area contributed by atoms with Gasteiger partial charge in [0.25, 0.3) is 5.89 Å². The molecule has 0 aliphatic carbocycles. The third-order valence-corrected chi connectivity index (χ3v) is 3.54. The summed E-state index contributed by atoms with van der Waals surface area (Å²) in [5, 5.41) is 4.81. The molecule has 0 saturated carbocycles. The molecule has 2 heterocycles. The highest BCUT2D eigenvalue weighted by molar-refractivity contribution is 6.20. The van der Waals surface area contributed by atoms with Crippen LogP contribution in [0.4, 0.5) is 0 Å². The first kappa shape index (κ1) is 13.1. The van der Waals surface area contributed by atoms with E-state index < -0.39 is 0 Å². The molecular formula is C15H14ClN3O. The molecule has 0 N–H and O–H groups in total. The third kappa shape index (κ3) is 2.39. The minimum Gasteiger partial charge on any atom is -0.334 e. The number of halogens is 1. The Morgan fingerprint density at radius 2 is 2.10 bits per heavy atom. The van der Waals surface area contributed by atoms with Gasteiger partial charge in [0.05, 0.1) is 16.5 Å². The van der Waals surface area contributed by atoms with Crippen molar-refractivity contribution in [2.45, 2.75) is 25.1 Å². The molecule has 3 rings (SSSR count). The molecule has 0 fully saturated rings. The van der Waals surface area contributed by atoms with Crippen molar-refractivity contribution in [1.29, 1.82) is 0 Å². The summed E-state index contributed by atoms with van der Waals surface area (Å²) in [6, 6.07) is 9.79. The van der Waals surface area contributed by atoms with E-state index in [9.17, 15) is 0 Å². The van der Waals surface area contributed by atoms with Gasteiger partial charge in [-0.05, 0) is 18.6 Å². The summed E-state index contributed by atoms with van der Waals surface area (Å²) in [4.78, 5) is 8.79. The zero-order valence-electron chi connectivity index (χ0n) is 11.1. The summed E-state index contributed by atoms with van der Waals surface area (Å²) in [7, 11) is 0. The van der Waals surface area contributed by atoms with Gasteiger partial charge in [0.1, 0.15) is 0 Å². The fourth-order valence-electron chi connectivity index (χ4n) is 2.13. The van der Waals surface area contributed by atoms with E-state index in [4.69, 9.17) is 16.1 Å². The molecule has 0 radical (unpaired) electrons. The van der Waals surface area contributed by atoms with Crippen molar-refractivity contribution in [3.05, 3.63) is 42.4 Å².